The van der Waals surface area contributed by atoms with Gasteiger partial charge in [-0.25, -0.2) is 8.42 Å². The first-order valence-electron chi connectivity index (χ1n) is 10.7. The summed E-state index contributed by atoms with van der Waals surface area (Å²) in [7, 11) is 0.520. The molecule has 1 fully saturated rings. The number of sulfonamides is 1. The van der Waals surface area contributed by atoms with E-state index in [1.165, 1.54) is 9.87 Å². The fourth-order valence-electron chi connectivity index (χ4n) is 3.93. The first-order valence-corrected chi connectivity index (χ1v) is 12.2. The van der Waals surface area contributed by atoms with E-state index in [-0.39, 0.29) is 11.8 Å². The Morgan fingerprint density at radius 1 is 1.03 bits per heavy atom. The fraction of sp³-hybridized carbons (Fsp3) is 0.458. The Hall–Kier alpha value is -2.22. The topological polar surface area (TPSA) is 69.7 Å². The van der Waals surface area contributed by atoms with Crippen LogP contribution in [0.4, 0.5) is 0 Å². The molecule has 1 saturated heterocycles. The number of amides is 1. The van der Waals surface area contributed by atoms with E-state index in [0.717, 1.165) is 23.2 Å². The summed E-state index contributed by atoms with van der Waals surface area (Å²) in [4.78, 5) is 15.2. The fourth-order valence-corrected chi connectivity index (χ4v) is 5.49. The number of benzene rings is 2. The number of hydrogen-bond donors (Lipinski definition) is 1. The number of nitrogens with zero attached hydrogens (tertiary/aromatic N) is 2. The highest BCUT2D eigenvalue weighted by atomic mass is 32.2. The van der Waals surface area contributed by atoms with Crippen molar-refractivity contribution in [3.63, 3.8) is 0 Å². The average Bonchev–Trinajstić information content (AvgIpc) is 2.74. The van der Waals surface area contributed by atoms with E-state index in [0.29, 0.717) is 37.4 Å². The third-order valence-electron chi connectivity index (χ3n) is 6.00. The molecule has 0 aliphatic carbocycles. The molecule has 1 aliphatic rings. The van der Waals surface area contributed by atoms with Gasteiger partial charge >= 0.3 is 0 Å². The van der Waals surface area contributed by atoms with Crippen LogP contribution in [-0.2, 0) is 27.9 Å². The summed E-state index contributed by atoms with van der Waals surface area (Å²) in [6.07, 6.45) is 1.07. The second kappa shape index (κ2) is 9.94. The van der Waals surface area contributed by atoms with E-state index in [1.807, 2.05) is 52.2 Å². The Morgan fingerprint density at radius 3 is 2.29 bits per heavy atom. The summed E-state index contributed by atoms with van der Waals surface area (Å²) < 4.78 is 27.5. The molecular formula is C24H33N3O3S. The molecule has 0 spiro atoms. The standard InChI is InChI=1S/C24H33N3O3S/c1-18-9-10-23(15-19(18)2)31(29,30)27-13-11-20(12-14-27)24(28)25-16-21-7-5-6-8-22(21)17-26(3)4/h5-10,15,20H,11-14,16-17H2,1-4H3,(H,25,28). The Balaban J connectivity index is 1.57. The first kappa shape index (κ1) is 23.4. The van der Waals surface area contributed by atoms with Gasteiger partial charge in [0.25, 0.3) is 0 Å². The largest absolute Gasteiger partial charge is 0.352 e. The lowest BCUT2D eigenvalue weighted by atomic mass is 9.97. The van der Waals surface area contributed by atoms with Crippen molar-refractivity contribution in [1.29, 1.82) is 0 Å². The summed E-state index contributed by atoms with van der Waals surface area (Å²) >= 11 is 0. The molecule has 3 rings (SSSR count). The van der Waals surface area contributed by atoms with Gasteiger partial charge in [-0.3, -0.25) is 4.79 Å². The quantitative estimate of drug-likeness (QED) is 0.714. The number of carbonyl (C=O) groups is 1. The lowest BCUT2D eigenvalue weighted by Gasteiger charge is -2.30. The molecule has 0 radical (unpaired) electrons. The second-order valence-electron chi connectivity index (χ2n) is 8.65. The lowest BCUT2D eigenvalue weighted by molar-refractivity contribution is -0.126. The summed E-state index contributed by atoms with van der Waals surface area (Å²) in [5, 5.41) is 3.06. The molecule has 1 amide bonds. The number of aryl methyl sites for hydroxylation is 2. The maximum atomic E-state index is 13.0. The number of nitrogens with one attached hydrogen (secondary N) is 1. The normalized spacial score (nSPS) is 15.9. The van der Waals surface area contributed by atoms with Crippen molar-refractivity contribution in [1.82, 2.24) is 14.5 Å². The smallest absolute Gasteiger partial charge is 0.243 e. The van der Waals surface area contributed by atoms with Crippen LogP contribution in [-0.4, -0.2) is 50.7 Å². The van der Waals surface area contributed by atoms with Gasteiger partial charge in [-0.1, -0.05) is 30.3 Å². The lowest BCUT2D eigenvalue weighted by Crippen LogP contribution is -2.42. The number of piperidine rings is 1. The van der Waals surface area contributed by atoms with Crippen LogP contribution in [0, 0.1) is 19.8 Å². The van der Waals surface area contributed by atoms with Gasteiger partial charge in [-0.15, -0.1) is 0 Å². The molecule has 31 heavy (non-hydrogen) atoms. The van der Waals surface area contributed by atoms with Crippen LogP contribution < -0.4 is 5.32 Å². The molecule has 1 N–H and O–H groups in total. The third kappa shape index (κ3) is 5.73. The van der Waals surface area contributed by atoms with Gasteiger partial charge in [0.05, 0.1) is 4.90 Å². The molecule has 0 unspecified atom stereocenters. The molecule has 168 valence electrons. The highest BCUT2D eigenvalue weighted by molar-refractivity contribution is 7.89. The van der Waals surface area contributed by atoms with Crippen molar-refractivity contribution in [3.8, 4) is 0 Å². The van der Waals surface area contributed by atoms with Crippen LogP contribution in [0.2, 0.25) is 0 Å². The van der Waals surface area contributed by atoms with E-state index in [2.05, 4.69) is 16.3 Å². The highest BCUT2D eigenvalue weighted by Crippen LogP contribution is 2.25. The van der Waals surface area contributed by atoms with Crippen LogP contribution >= 0.6 is 0 Å². The van der Waals surface area contributed by atoms with Crippen LogP contribution in [0.25, 0.3) is 0 Å². The van der Waals surface area contributed by atoms with E-state index in [4.69, 9.17) is 0 Å². The minimum Gasteiger partial charge on any atom is -0.352 e. The van der Waals surface area contributed by atoms with Crippen LogP contribution in [0.3, 0.4) is 0 Å². The van der Waals surface area contributed by atoms with E-state index in [9.17, 15) is 13.2 Å². The van der Waals surface area contributed by atoms with Crippen LogP contribution in [0.5, 0.6) is 0 Å². The molecule has 1 heterocycles. The predicted molar refractivity (Wildman–Crippen MR) is 123 cm³/mol. The maximum Gasteiger partial charge on any atom is 0.243 e. The van der Waals surface area contributed by atoms with Crippen molar-refractivity contribution in [2.45, 2.75) is 44.7 Å². The summed E-state index contributed by atoms with van der Waals surface area (Å²) in [5.41, 5.74) is 4.34. The second-order valence-corrected chi connectivity index (χ2v) is 10.6. The molecule has 0 atom stereocenters. The van der Waals surface area contributed by atoms with Crippen LogP contribution in [0.1, 0.15) is 35.1 Å². The van der Waals surface area contributed by atoms with Crippen molar-refractivity contribution < 1.29 is 13.2 Å². The first-order chi connectivity index (χ1) is 14.7. The molecule has 7 heteroatoms. The average molecular weight is 444 g/mol. The maximum absolute atomic E-state index is 13.0. The van der Waals surface area contributed by atoms with Crippen molar-refractivity contribution in [3.05, 3.63) is 64.7 Å². The zero-order chi connectivity index (χ0) is 22.6. The van der Waals surface area contributed by atoms with Gasteiger partial charge in [0, 0.05) is 32.1 Å². The predicted octanol–water partition coefficient (Wildman–Crippen LogP) is 3.08. The number of rotatable bonds is 7. The summed E-state index contributed by atoms with van der Waals surface area (Å²) in [6.45, 7) is 5.93. The molecule has 0 bridgehead atoms. The molecule has 2 aromatic rings. The molecule has 6 nitrogen and oxygen atoms in total. The summed E-state index contributed by atoms with van der Waals surface area (Å²) in [5.74, 6) is -0.157. The number of hydrogen-bond acceptors (Lipinski definition) is 4. The van der Waals surface area contributed by atoms with Crippen molar-refractivity contribution >= 4 is 15.9 Å². The molecule has 2 aromatic carbocycles. The zero-order valence-electron chi connectivity index (χ0n) is 18.9. The van der Waals surface area contributed by atoms with Gasteiger partial charge in [0.1, 0.15) is 0 Å². The van der Waals surface area contributed by atoms with Gasteiger partial charge < -0.3 is 10.2 Å². The summed E-state index contributed by atoms with van der Waals surface area (Å²) in [6, 6.07) is 13.4. The monoisotopic (exact) mass is 443 g/mol. The Bertz CT molecular complexity index is 1030. The zero-order valence-corrected chi connectivity index (χ0v) is 19.7. The Kier molecular flexibility index (Phi) is 7.51. The molecule has 0 aromatic heterocycles. The van der Waals surface area contributed by atoms with Gasteiger partial charge in [-0.05, 0) is 75.2 Å². The van der Waals surface area contributed by atoms with Crippen molar-refractivity contribution in [2.75, 3.05) is 27.2 Å². The van der Waals surface area contributed by atoms with Crippen LogP contribution in [0.15, 0.2) is 47.4 Å². The highest BCUT2D eigenvalue weighted by Gasteiger charge is 2.32. The van der Waals surface area contributed by atoms with E-state index >= 15 is 0 Å². The minimum atomic E-state index is -3.53. The van der Waals surface area contributed by atoms with Gasteiger partial charge in [0.2, 0.25) is 15.9 Å². The van der Waals surface area contributed by atoms with Crippen molar-refractivity contribution in [2.24, 2.45) is 5.92 Å². The molecule has 1 aliphatic heterocycles. The van der Waals surface area contributed by atoms with E-state index in [1.54, 1.807) is 12.1 Å². The molecular weight excluding hydrogens is 410 g/mol. The minimum absolute atomic E-state index is 0.00267. The third-order valence-corrected chi connectivity index (χ3v) is 7.89. The Morgan fingerprint density at radius 2 is 1.68 bits per heavy atom. The van der Waals surface area contributed by atoms with E-state index < -0.39 is 10.0 Å². The Labute approximate surface area is 186 Å². The number of carbonyl (C=O) groups excluding carboxylic acids is 1. The van der Waals surface area contributed by atoms with Gasteiger partial charge in [-0.2, -0.15) is 4.31 Å². The SMILES string of the molecule is Cc1ccc(S(=O)(=O)N2CCC(C(=O)NCc3ccccc3CN(C)C)CC2)cc1C. The molecule has 0 saturated carbocycles. The van der Waals surface area contributed by atoms with Gasteiger partial charge in [0.15, 0.2) is 0 Å².